The molecular formula is C11H22FIN5O+. The zero-order valence-electron chi connectivity index (χ0n) is 10.8. The van der Waals surface area contributed by atoms with Crippen molar-refractivity contribution in [1.29, 1.82) is 0 Å². The van der Waals surface area contributed by atoms with E-state index in [0.717, 1.165) is 6.29 Å². The molecule has 0 bridgehead atoms. The Bertz CT molecular complexity index is 315. The van der Waals surface area contributed by atoms with Gasteiger partial charge in [0.15, 0.2) is 0 Å². The largest absolute Gasteiger partial charge is 0.402 e. The molecule has 1 rings (SSSR count). The van der Waals surface area contributed by atoms with Crippen LogP contribution in [-0.2, 0) is 4.79 Å². The Hall–Kier alpha value is -0.290. The molecule has 0 amide bonds. The van der Waals surface area contributed by atoms with Gasteiger partial charge >= 0.3 is 0 Å². The summed E-state index contributed by atoms with van der Waals surface area (Å²) < 4.78 is 13.8. The van der Waals surface area contributed by atoms with E-state index in [1.54, 1.807) is 10.5 Å². The maximum atomic E-state index is 13.8. The number of aldehydes is 1. The normalized spacial score (nSPS) is 24.4. The lowest BCUT2D eigenvalue weighted by Gasteiger charge is -2.13. The van der Waals surface area contributed by atoms with Gasteiger partial charge in [-0.2, -0.15) is 5.53 Å². The van der Waals surface area contributed by atoms with Crippen LogP contribution in [0.1, 0.15) is 19.3 Å². The van der Waals surface area contributed by atoms with Gasteiger partial charge in [-0.25, -0.2) is 4.39 Å². The summed E-state index contributed by atoms with van der Waals surface area (Å²) in [5.74, 6) is 0. The second kappa shape index (κ2) is 8.80. The maximum absolute atomic E-state index is 13.8. The highest BCUT2D eigenvalue weighted by Gasteiger charge is 2.27. The lowest BCUT2D eigenvalue weighted by molar-refractivity contribution is -0.828. The lowest BCUT2D eigenvalue weighted by Crippen LogP contribution is -2.97. The molecule has 0 aliphatic carbocycles. The van der Waals surface area contributed by atoms with Gasteiger partial charge in [0.1, 0.15) is 18.5 Å². The highest BCUT2D eigenvalue weighted by atomic mass is 127. The van der Waals surface area contributed by atoms with Crippen molar-refractivity contribution in [3.05, 3.63) is 11.8 Å². The Morgan fingerprint density at radius 2 is 2.42 bits per heavy atom. The Kier molecular flexibility index (Phi) is 7.76. The van der Waals surface area contributed by atoms with E-state index in [0.29, 0.717) is 31.5 Å². The number of quaternary nitrogens is 1. The van der Waals surface area contributed by atoms with Crippen molar-refractivity contribution < 1.29 is 14.7 Å². The minimum atomic E-state index is -0.955. The first-order valence-corrected chi connectivity index (χ1v) is 7.52. The van der Waals surface area contributed by atoms with Crippen LogP contribution in [-0.4, -0.2) is 40.6 Å². The van der Waals surface area contributed by atoms with Crippen molar-refractivity contribution in [2.45, 2.75) is 35.5 Å². The molecule has 7 N–H and O–H groups in total. The zero-order chi connectivity index (χ0) is 14.3. The molecule has 1 heterocycles. The number of nitrogens with zero attached hydrogens (tertiary/aromatic N) is 1. The van der Waals surface area contributed by atoms with Gasteiger partial charge in [0.25, 0.3) is 0 Å². The summed E-state index contributed by atoms with van der Waals surface area (Å²) in [6, 6.07) is -0.220. The zero-order valence-corrected chi connectivity index (χ0v) is 12.9. The van der Waals surface area contributed by atoms with E-state index in [2.05, 4.69) is 28.0 Å². The van der Waals surface area contributed by atoms with Crippen LogP contribution in [0.5, 0.6) is 0 Å². The minimum absolute atomic E-state index is 0.0443. The molecule has 0 radical (unpaired) electrons. The van der Waals surface area contributed by atoms with Crippen LogP contribution in [0.2, 0.25) is 0 Å². The van der Waals surface area contributed by atoms with Gasteiger partial charge in [-0.05, 0) is 19.3 Å². The van der Waals surface area contributed by atoms with Crippen molar-refractivity contribution in [1.82, 2.24) is 10.4 Å². The molecule has 0 aromatic carbocycles. The smallest absolute Gasteiger partial charge is 0.143 e. The second-order valence-electron chi connectivity index (χ2n) is 4.66. The van der Waals surface area contributed by atoms with Gasteiger partial charge in [-0.1, -0.05) is 28.7 Å². The van der Waals surface area contributed by atoms with Crippen molar-refractivity contribution in [2.24, 2.45) is 11.5 Å². The van der Waals surface area contributed by atoms with Crippen LogP contribution in [0, 0.1) is 0 Å². The molecule has 0 spiro atoms. The standard InChI is InChI=1S/C11H21FIN5O/c12-8(1-2-9(14)3-4-11(13)15)5-18-6-10(7-19)16-17-18/h3,7-8,10-11,16-17H,1-2,4-6,14-15H2/p+1. The number of nitrogens with one attached hydrogen (secondary N) is 1. The van der Waals surface area contributed by atoms with E-state index < -0.39 is 6.17 Å². The third kappa shape index (κ3) is 7.16. The van der Waals surface area contributed by atoms with Crippen LogP contribution in [0.15, 0.2) is 11.8 Å². The fourth-order valence-corrected chi connectivity index (χ4v) is 2.06. The van der Waals surface area contributed by atoms with Crippen LogP contribution in [0.25, 0.3) is 0 Å². The highest BCUT2D eigenvalue weighted by molar-refractivity contribution is 14.1. The molecule has 8 heteroatoms. The Balaban J connectivity index is 2.19. The van der Waals surface area contributed by atoms with E-state index in [1.807, 2.05) is 6.08 Å². The predicted molar refractivity (Wildman–Crippen MR) is 79.5 cm³/mol. The van der Waals surface area contributed by atoms with Gasteiger partial charge < -0.3 is 16.3 Å². The molecule has 0 saturated carbocycles. The summed E-state index contributed by atoms with van der Waals surface area (Å²) in [5.41, 5.74) is 16.6. The van der Waals surface area contributed by atoms with Crippen LogP contribution >= 0.6 is 22.6 Å². The third-order valence-corrected chi connectivity index (χ3v) is 3.36. The average Bonchev–Trinajstić information content (AvgIpc) is 2.81. The SMILES string of the molecule is NC(=CCC(N)I)CCC(F)CN1CC(C=O)N[NH2+]1. The minimum Gasteiger partial charge on any atom is -0.402 e. The van der Waals surface area contributed by atoms with Gasteiger partial charge in [0.05, 0.1) is 17.1 Å². The number of nitrogens with two attached hydrogens (primary N) is 3. The molecule has 1 fully saturated rings. The first kappa shape index (κ1) is 16.8. The molecular weight excluding hydrogens is 364 g/mol. The summed E-state index contributed by atoms with van der Waals surface area (Å²) in [6.07, 6.45) is 3.35. The number of hydrogen-bond acceptors (Lipinski definition) is 5. The highest BCUT2D eigenvalue weighted by Crippen LogP contribution is 2.09. The van der Waals surface area contributed by atoms with E-state index in [1.165, 1.54) is 0 Å². The first-order valence-electron chi connectivity index (χ1n) is 6.28. The van der Waals surface area contributed by atoms with Gasteiger partial charge in [-0.3, -0.25) is 0 Å². The van der Waals surface area contributed by atoms with Gasteiger partial charge in [-0.15, -0.1) is 10.4 Å². The number of carbonyl (C=O) groups is 1. The summed E-state index contributed by atoms with van der Waals surface area (Å²) >= 11 is 2.11. The van der Waals surface area contributed by atoms with Crippen molar-refractivity contribution in [3.63, 3.8) is 0 Å². The lowest BCUT2D eigenvalue weighted by atomic mass is 10.1. The number of rotatable bonds is 8. The van der Waals surface area contributed by atoms with Crippen molar-refractivity contribution in [2.75, 3.05) is 13.1 Å². The van der Waals surface area contributed by atoms with Gasteiger partial charge in [0.2, 0.25) is 0 Å². The van der Waals surface area contributed by atoms with Crippen LogP contribution in [0.3, 0.4) is 0 Å². The fraction of sp³-hybridized carbons (Fsp3) is 0.727. The number of carbonyl (C=O) groups excluding carboxylic acids is 1. The van der Waals surface area contributed by atoms with E-state index >= 15 is 0 Å². The Morgan fingerprint density at radius 1 is 1.68 bits per heavy atom. The van der Waals surface area contributed by atoms with Crippen molar-refractivity contribution in [3.8, 4) is 0 Å². The summed E-state index contributed by atoms with van der Waals surface area (Å²) in [6.45, 7) is 0.815. The quantitative estimate of drug-likeness (QED) is 0.140. The number of allylic oxidation sites excluding steroid dienone is 1. The number of hydrogen-bond donors (Lipinski definition) is 4. The molecule has 6 nitrogen and oxygen atoms in total. The molecule has 0 aromatic heterocycles. The molecule has 3 atom stereocenters. The third-order valence-electron chi connectivity index (χ3n) is 2.85. The summed E-state index contributed by atoms with van der Waals surface area (Å²) in [7, 11) is 0. The first-order chi connectivity index (χ1) is 9.01. The van der Waals surface area contributed by atoms with E-state index in [9.17, 15) is 9.18 Å². The topological polar surface area (TPSA) is 101 Å². The monoisotopic (exact) mass is 386 g/mol. The van der Waals surface area contributed by atoms with E-state index in [4.69, 9.17) is 11.5 Å². The molecule has 110 valence electrons. The molecule has 19 heavy (non-hydrogen) atoms. The fourth-order valence-electron chi connectivity index (χ4n) is 1.80. The Labute approximate surface area is 126 Å². The van der Waals surface area contributed by atoms with Gasteiger partial charge in [0, 0.05) is 5.70 Å². The molecule has 0 aromatic rings. The second-order valence-corrected chi connectivity index (χ2v) is 6.26. The molecule has 1 aliphatic rings. The van der Waals surface area contributed by atoms with E-state index in [-0.39, 0.29) is 16.6 Å². The molecule has 1 saturated heterocycles. The average molecular weight is 386 g/mol. The summed E-state index contributed by atoms with van der Waals surface area (Å²) in [4.78, 5) is 10.5. The van der Waals surface area contributed by atoms with Crippen LogP contribution in [0.4, 0.5) is 4.39 Å². The molecule has 3 unspecified atom stereocenters. The molecule has 1 aliphatic heterocycles. The van der Waals surface area contributed by atoms with Crippen molar-refractivity contribution >= 4 is 28.9 Å². The number of halogens is 2. The maximum Gasteiger partial charge on any atom is 0.143 e. The summed E-state index contributed by atoms with van der Waals surface area (Å²) in [5, 5.41) is 1.78. The van der Waals surface area contributed by atoms with Crippen LogP contribution < -0.4 is 22.4 Å². The predicted octanol–water partition coefficient (Wildman–Crippen LogP) is -1.08. The Morgan fingerprint density at radius 3 is 3.00 bits per heavy atom. The number of alkyl halides is 2.